The Bertz CT molecular complexity index is 565. The zero-order chi connectivity index (χ0) is 14.5. The summed E-state index contributed by atoms with van der Waals surface area (Å²) in [5.74, 6) is -2.73. The molecule has 2 N–H and O–H groups in total. The van der Waals surface area contributed by atoms with Crippen LogP contribution in [0.15, 0.2) is 5.38 Å². The van der Waals surface area contributed by atoms with Crippen molar-refractivity contribution in [2.75, 3.05) is 19.4 Å². The number of thiazole rings is 1. The van der Waals surface area contributed by atoms with Crippen LogP contribution in [0.25, 0.3) is 0 Å². The molecular formula is C9H12N2O6S2. The van der Waals surface area contributed by atoms with Crippen molar-refractivity contribution in [3.8, 4) is 0 Å². The molecule has 106 valence electrons. The van der Waals surface area contributed by atoms with Crippen molar-refractivity contribution in [3.05, 3.63) is 16.1 Å². The molecule has 19 heavy (non-hydrogen) atoms. The van der Waals surface area contributed by atoms with Gasteiger partial charge < -0.3 is 9.84 Å². The minimum absolute atomic E-state index is 0.0336. The fraction of sp³-hybridized carbons (Fsp3) is 0.444. The molecule has 0 bridgehead atoms. The molecule has 1 aromatic rings. The summed E-state index contributed by atoms with van der Waals surface area (Å²) in [6.45, 7) is 0.0336. The summed E-state index contributed by atoms with van der Waals surface area (Å²) in [6, 6.07) is 0. The second-order valence-corrected chi connectivity index (χ2v) is 6.16. The van der Waals surface area contributed by atoms with Crippen molar-refractivity contribution >= 4 is 33.3 Å². The van der Waals surface area contributed by atoms with E-state index in [-0.39, 0.29) is 18.7 Å². The predicted molar refractivity (Wildman–Crippen MR) is 66.6 cm³/mol. The van der Waals surface area contributed by atoms with Gasteiger partial charge in [-0.2, -0.15) is 0 Å². The van der Waals surface area contributed by atoms with E-state index in [2.05, 4.69) is 14.4 Å². The highest BCUT2D eigenvalue weighted by Crippen LogP contribution is 2.09. The average Bonchev–Trinajstić information content (AvgIpc) is 2.77. The highest BCUT2D eigenvalue weighted by Gasteiger charge is 2.16. The lowest BCUT2D eigenvalue weighted by molar-refractivity contribution is -0.137. The van der Waals surface area contributed by atoms with Crippen LogP contribution in [0.2, 0.25) is 0 Å². The molecule has 0 unspecified atom stereocenters. The number of esters is 1. The van der Waals surface area contributed by atoms with Crippen molar-refractivity contribution in [3.63, 3.8) is 0 Å². The molecule has 8 nitrogen and oxygen atoms in total. The van der Waals surface area contributed by atoms with Crippen molar-refractivity contribution in [1.29, 1.82) is 0 Å². The minimum Gasteiger partial charge on any atom is -0.476 e. The molecule has 0 spiro atoms. The van der Waals surface area contributed by atoms with Gasteiger partial charge in [-0.25, -0.2) is 22.9 Å². The van der Waals surface area contributed by atoms with E-state index in [1.807, 2.05) is 0 Å². The van der Waals surface area contributed by atoms with Crippen molar-refractivity contribution in [1.82, 2.24) is 9.71 Å². The summed E-state index contributed by atoms with van der Waals surface area (Å²) < 4.78 is 29.2. The number of methoxy groups -OCH3 is 1. The highest BCUT2D eigenvalue weighted by molar-refractivity contribution is 7.90. The monoisotopic (exact) mass is 308 g/mol. The van der Waals surface area contributed by atoms with Crippen LogP contribution in [0.5, 0.6) is 0 Å². The van der Waals surface area contributed by atoms with Gasteiger partial charge in [0.05, 0.1) is 12.1 Å². The van der Waals surface area contributed by atoms with Gasteiger partial charge in [0.15, 0.2) is 11.4 Å². The van der Waals surface area contributed by atoms with E-state index in [0.717, 1.165) is 18.4 Å². The molecule has 1 rings (SSSR count). The molecule has 0 aliphatic carbocycles. The first-order valence-electron chi connectivity index (χ1n) is 5.06. The number of aromatic carboxylic acids is 1. The van der Waals surface area contributed by atoms with Gasteiger partial charge >= 0.3 is 11.9 Å². The Balaban J connectivity index is 2.45. The van der Waals surface area contributed by atoms with Gasteiger partial charge in [0, 0.05) is 18.3 Å². The number of nitrogens with one attached hydrogen (secondary N) is 1. The van der Waals surface area contributed by atoms with Crippen LogP contribution in [-0.4, -0.2) is 49.9 Å². The molecule has 0 aliphatic heterocycles. The van der Waals surface area contributed by atoms with Gasteiger partial charge in [-0.05, 0) is 0 Å². The summed E-state index contributed by atoms with van der Waals surface area (Å²) >= 11 is 1.13. The van der Waals surface area contributed by atoms with E-state index in [1.165, 1.54) is 5.38 Å². The molecule has 0 aliphatic rings. The van der Waals surface area contributed by atoms with Crippen LogP contribution >= 0.6 is 11.3 Å². The molecule has 0 saturated heterocycles. The standard InChI is InChI=1S/C9H12N2O6S2/c1-17-8(12)5-19(15,16)10-3-2-7-11-6(4-18-7)9(13)14/h4,10H,2-3,5H2,1H3,(H,13,14). The quantitative estimate of drug-likeness (QED) is 0.649. The van der Waals surface area contributed by atoms with Crippen LogP contribution in [0.3, 0.4) is 0 Å². The van der Waals surface area contributed by atoms with E-state index >= 15 is 0 Å². The van der Waals surface area contributed by atoms with Gasteiger partial charge in [0.2, 0.25) is 10.0 Å². The molecule has 1 heterocycles. The predicted octanol–water partition coefficient (Wildman–Crippen LogP) is -0.524. The summed E-state index contributed by atoms with van der Waals surface area (Å²) in [6.07, 6.45) is 0.248. The van der Waals surface area contributed by atoms with Gasteiger partial charge in [-0.1, -0.05) is 0 Å². The Hall–Kier alpha value is -1.52. The summed E-state index contributed by atoms with van der Waals surface area (Å²) in [7, 11) is -2.64. The first-order valence-corrected chi connectivity index (χ1v) is 7.59. The van der Waals surface area contributed by atoms with Crippen molar-refractivity contribution in [2.45, 2.75) is 6.42 Å². The number of hydrogen-bond donors (Lipinski definition) is 2. The lowest BCUT2D eigenvalue weighted by atomic mass is 10.4. The van der Waals surface area contributed by atoms with E-state index < -0.39 is 27.7 Å². The van der Waals surface area contributed by atoms with E-state index in [4.69, 9.17) is 5.11 Å². The zero-order valence-electron chi connectivity index (χ0n) is 9.95. The Morgan fingerprint density at radius 3 is 2.74 bits per heavy atom. The van der Waals surface area contributed by atoms with E-state index in [9.17, 15) is 18.0 Å². The van der Waals surface area contributed by atoms with Crippen LogP contribution in [0.4, 0.5) is 0 Å². The molecule has 1 aromatic heterocycles. The van der Waals surface area contributed by atoms with E-state index in [0.29, 0.717) is 5.01 Å². The van der Waals surface area contributed by atoms with Crippen LogP contribution < -0.4 is 4.72 Å². The summed E-state index contributed by atoms with van der Waals surface area (Å²) in [4.78, 5) is 25.2. The highest BCUT2D eigenvalue weighted by atomic mass is 32.2. The number of aromatic nitrogens is 1. The lowest BCUT2D eigenvalue weighted by Gasteiger charge is -2.04. The largest absolute Gasteiger partial charge is 0.476 e. The molecule has 0 atom stereocenters. The maximum Gasteiger partial charge on any atom is 0.355 e. The molecule has 0 aromatic carbocycles. The zero-order valence-corrected chi connectivity index (χ0v) is 11.6. The lowest BCUT2D eigenvalue weighted by Crippen LogP contribution is -2.32. The van der Waals surface area contributed by atoms with E-state index in [1.54, 1.807) is 0 Å². The maximum atomic E-state index is 11.4. The number of nitrogens with zero attached hydrogens (tertiary/aromatic N) is 1. The Kier molecular flexibility index (Phi) is 5.39. The maximum absolute atomic E-state index is 11.4. The number of rotatable bonds is 7. The first kappa shape index (κ1) is 15.5. The van der Waals surface area contributed by atoms with Crippen LogP contribution in [0.1, 0.15) is 15.5 Å². The topological polar surface area (TPSA) is 123 Å². The normalized spacial score (nSPS) is 11.2. The fourth-order valence-electron chi connectivity index (χ4n) is 1.10. The van der Waals surface area contributed by atoms with Crippen molar-refractivity contribution < 1.29 is 27.9 Å². The third-order valence-electron chi connectivity index (χ3n) is 1.97. The van der Waals surface area contributed by atoms with Gasteiger partial charge in [-0.15, -0.1) is 11.3 Å². The van der Waals surface area contributed by atoms with Gasteiger partial charge in [0.25, 0.3) is 0 Å². The molecule has 0 amide bonds. The molecular weight excluding hydrogens is 296 g/mol. The van der Waals surface area contributed by atoms with Gasteiger partial charge in [0.1, 0.15) is 0 Å². The third kappa shape index (κ3) is 5.32. The average molecular weight is 308 g/mol. The van der Waals surface area contributed by atoms with Crippen LogP contribution in [-0.2, 0) is 26.0 Å². The van der Waals surface area contributed by atoms with Gasteiger partial charge in [-0.3, -0.25) is 4.79 Å². The third-order valence-corrected chi connectivity index (χ3v) is 4.14. The van der Waals surface area contributed by atoms with Crippen LogP contribution in [0, 0.1) is 0 Å². The second kappa shape index (κ2) is 6.59. The summed E-state index contributed by atoms with van der Waals surface area (Å²) in [5.41, 5.74) is -0.0718. The minimum atomic E-state index is -3.74. The fourth-order valence-corrected chi connectivity index (χ4v) is 2.82. The SMILES string of the molecule is COC(=O)CS(=O)(=O)NCCc1nc(C(=O)O)cs1. The molecule has 0 radical (unpaired) electrons. The number of carbonyl (C=O) groups excluding carboxylic acids is 1. The first-order chi connectivity index (χ1) is 8.84. The molecule has 0 saturated carbocycles. The smallest absolute Gasteiger partial charge is 0.355 e. The Labute approximate surface area is 113 Å². The number of carboxylic acid groups (broad SMARTS) is 1. The number of sulfonamides is 1. The molecule has 10 heteroatoms. The number of carboxylic acids is 1. The second-order valence-electron chi connectivity index (χ2n) is 3.41. The Morgan fingerprint density at radius 2 is 2.21 bits per heavy atom. The number of hydrogen-bond acceptors (Lipinski definition) is 7. The van der Waals surface area contributed by atoms with Crippen molar-refractivity contribution in [2.24, 2.45) is 0 Å². The summed E-state index contributed by atoms with van der Waals surface area (Å²) in [5, 5.41) is 10.5. The molecule has 0 fully saturated rings. The number of carbonyl (C=O) groups is 2. The Morgan fingerprint density at radius 1 is 1.53 bits per heavy atom. The number of ether oxygens (including phenoxy) is 1.